The zero-order valence-corrected chi connectivity index (χ0v) is 17.6. The van der Waals surface area contributed by atoms with Gasteiger partial charge in [0.1, 0.15) is 11.6 Å². The van der Waals surface area contributed by atoms with E-state index < -0.39 is 23.8 Å². The molecule has 2 aliphatic heterocycles. The molecule has 33 heavy (non-hydrogen) atoms. The molecule has 2 amide bonds. The van der Waals surface area contributed by atoms with Gasteiger partial charge >= 0.3 is 11.9 Å². The number of nitrogens with zero attached hydrogens (tertiary/aromatic N) is 3. The summed E-state index contributed by atoms with van der Waals surface area (Å²) < 4.78 is 0. The minimum Gasteiger partial charge on any atom is -0.478 e. The highest BCUT2D eigenvalue weighted by Crippen LogP contribution is 2.26. The lowest BCUT2D eigenvalue weighted by atomic mass is 9.98. The predicted octanol–water partition coefficient (Wildman–Crippen LogP) is 0.851. The summed E-state index contributed by atoms with van der Waals surface area (Å²) in [6.45, 7) is 3.37. The maximum absolute atomic E-state index is 13.1. The molecule has 0 aliphatic carbocycles. The van der Waals surface area contributed by atoms with Crippen molar-refractivity contribution in [3.63, 3.8) is 0 Å². The van der Waals surface area contributed by atoms with Gasteiger partial charge in [-0.25, -0.2) is 9.59 Å². The van der Waals surface area contributed by atoms with Crippen LogP contribution in [0.1, 0.15) is 34.6 Å². The second-order valence-electron chi connectivity index (χ2n) is 7.53. The lowest BCUT2D eigenvalue weighted by molar-refractivity contribution is -0.455. The Morgan fingerprint density at radius 1 is 0.909 bits per heavy atom. The molecule has 2 heterocycles. The summed E-state index contributed by atoms with van der Waals surface area (Å²) in [4.78, 5) is 48.2. The van der Waals surface area contributed by atoms with E-state index >= 15 is 0 Å². The van der Waals surface area contributed by atoms with Crippen molar-refractivity contribution in [3.05, 3.63) is 71.3 Å². The lowest BCUT2D eigenvalue weighted by Crippen LogP contribution is -2.81. The van der Waals surface area contributed by atoms with Gasteiger partial charge in [-0.05, 0) is 61.5 Å². The molecule has 2 aliphatic rings. The van der Waals surface area contributed by atoms with Crippen LogP contribution in [-0.2, 0) is 9.59 Å². The molecular formula is C23H19N4O6+. The molecule has 0 spiro atoms. The van der Waals surface area contributed by atoms with E-state index in [4.69, 9.17) is 10.2 Å². The van der Waals surface area contributed by atoms with E-state index in [2.05, 4.69) is 10.2 Å². The van der Waals surface area contributed by atoms with Crippen molar-refractivity contribution in [1.82, 2.24) is 0 Å². The van der Waals surface area contributed by atoms with Gasteiger partial charge in [0.05, 0.1) is 28.1 Å². The van der Waals surface area contributed by atoms with Crippen molar-refractivity contribution in [3.8, 4) is 0 Å². The Balaban J connectivity index is 1.57. The molecule has 1 atom stereocenters. The first-order chi connectivity index (χ1) is 15.7. The topological polar surface area (TPSA) is 142 Å². The summed E-state index contributed by atoms with van der Waals surface area (Å²) in [5.41, 5.74) is 2.35. The van der Waals surface area contributed by atoms with Crippen LogP contribution in [-0.4, -0.2) is 45.4 Å². The molecule has 2 aromatic carbocycles. The highest BCUT2D eigenvalue weighted by molar-refractivity contribution is 6.30. The van der Waals surface area contributed by atoms with E-state index in [1.165, 1.54) is 53.5 Å². The molecular weight excluding hydrogens is 428 g/mol. The molecule has 3 N–H and O–H groups in total. The van der Waals surface area contributed by atoms with Gasteiger partial charge in [0.15, 0.2) is 5.71 Å². The Labute approximate surface area is 187 Å². The molecule has 0 saturated carbocycles. The molecule has 0 bridgehead atoms. The number of carbonyl (C=O) groups is 4. The van der Waals surface area contributed by atoms with E-state index in [0.717, 1.165) is 5.01 Å². The number of carboxylic acid groups (broad SMARTS) is 2. The number of nitrogens with one attached hydrogen (secondary N) is 1. The number of carboxylic acids is 2. The van der Waals surface area contributed by atoms with Crippen molar-refractivity contribution in [1.29, 1.82) is 0 Å². The third kappa shape index (κ3) is 3.89. The highest BCUT2D eigenvalue weighted by Gasteiger charge is 2.41. The maximum atomic E-state index is 13.1. The SMILES string of the molecule is CC1=NN(c2ccc(C(=O)O)cc2)C(=O)C1=CC1C(=O)N(c2ccc(C(=O)O)cc2)[NH+]=C1C. The fourth-order valence-electron chi connectivity index (χ4n) is 3.56. The standard InChI is InChI=1S/C23H18N4O6/c1-12-18(20(28)26(24-12)16-7-3-14(4-8-16)22(30)31)11-19-13(2)25-27(21(19)29)17-9-5-15(6-10-17)23(32)33/h3-11,18H,1-2H3,(H,30,31)(H,32,33)/p+1. The third-order valence-electron chi connectivity index (χ3n) is 5.37. The third-order valence-corrected chi connectivity index (χ3v) is 5.37. The van der Waals surface area contributed by atoms with Gasteiger partial charge in [0.2, 0.25) is 0 Å². The number of hydrazine groups is 1. The van der Waals surface area contributed by atoms with Crippen LogP contribution in [0.5, 0.6) is 0 Å². The summed E-state index contributed by atoms with van der Waals surface area (Å²) >= 11 is 0. The number of benzene rings is 2. The van der Waals surface area contributed by atoms with Crippen LogP contribution >= 0.6 is 0 Å². The van der Waals surface area contributed by atoms with E-state index in [1.54, 1.807) is 19.9 Å². The number of carbonyl (C=O) groups excluding carboxylic acids is 2. The summed E-state index contributed by atoms with van der Waals surface area (Å²) in [7, 11) is 0. The fourth-order valence-corrected chi connectivity index (χ4v) is 3.56. The Bertz CT molecular complexity index is 1280. The van der Waals surface area contributed by atoms with Gasteiger partial charge in [-0.1, -0.05) is 5.01 Å². The number of hydrazone groups is 2. The zero-order chi connectivity index (χ0) is 23.9. The van der Waals surface area contributed by atoms with Gasteiger partial charge in [-0.2, -0.15) is 10.1 Å². The van der Waals surface area contributed by atoms with Gasteiger partial charge in [-0.3, -0.25) is 9.59 Å². The summed E-state index contributed by atoms with van der Waals surface area (Å²) in [6, 6.07) is 11.6. The number of hydrogen-bond acceptors (Lipinski definition) is 5. The van der Waals surface area contributed by atoms with Crippen LogP contribution in [0.15, 0.2) is 65.3 Å². The maximum Gasteiger partial charge on any atom is 0.335 e. The number of rotatable bonds is 5. The molecule has 2 aromatic rings. The Kier molecular flexibility index (Phi) is 5.34. The van der Waals surface area contributed by atoms with E-state index in [0.29, 0.717) is 22.8 Å². The lowest BCUT2D eigenvalue weighted by Gasteiger charge is -2.12. The van der Waals surface area contributed by atoms with Gasteiger partial charge < -0.3 is 10.2 Å². The monoisotopic (exact) mass is 447 g/mol. The second kappa shape index (κ2) is 8.15. The van der Waals surface area contributed by atoms with E-state index in [9.17, 15) is 19.2 Å². The summed E-state index contributed by atoms with van der Waals surface area (Å²) in [6.07, 6.45) is 1.54. The van der Waals surface area contributed by atoms with Gasteiger partial charge in [0.25, 0.3) is 11.8 Å². The molecule has 0 saturated heterocycles. The minimum atomic E-state index is -1.07. The van der Waals surface area contributed by atoms with Crippen LogP contribution in [0.25, 0.3) is 0 Å². The van der Waals surface area contributed by atoms with E-state index in [-0.39, 0.29) is 22.6 Å². The average molecular weight is 447 g/mol. The number of aromatic carboxylic acids is 2. The van der Waals surface area contributed by atoms with Crippen LogP contribution in [0.2, 0.25) is 0 Å². The Morgan fingerprint density at radius 2 is 1.42 bits per heavy atom. The summed E-state index contributed by atoms with van der Waals surface area (Å²) in [5.74, 6) is -3.63. The van der Waals surface area contributed by atoms with Crippen LogP contribution in [0.3, 0.4) is 0 Å². The average Bonchev–Trinajstić information content (AvgIpc) is 3.24. The van der Waals surface area contributed by atoms with Crippen molar-refractivity contribution >= 4 is 46.6 Å². The first-order valence-corrected chi connectivity index (χ1v) is 9.90. The Morgan fingerprint density at radius 3 is 1.94 bits per heavy atom. The summed E-state index contributed by atoms with van der Waals surface area (Å²) in [5, 5.41) is 27.8. The van der Waals surface area contributed by atoms with Crippen molar-refractivity contribution in [2.45, 2.75) is 13.8 Å². The Hall–Kier alpha value is -4.60. The molecule has 0 aromatic heterocycles. The number of anilines is 2. The zero-order valence-electron chi connectivity index (χ0n) is 17.6. The molecule has 0 radical (unpaired) electrons. The number of hydrogen-bond donors (Lipinski definition) is 3. The van der Waals surface area contributed by atoms with Crippen molar-refractivity contribution in [2.75, 3.05) is 10.0 Å². The first-order valence-electron chi connectivity index (χ1n) is 9.90. The van der Waals surface area contributed by atoms with Gasteiger partial charge in [0, 0.05) is 6.92 Å². The van der Waals surface area contributed by atoms with Crippen molar-refractivity contribution < 1.29 is 34.5 Å². The number of amides is 2. The molecule has 10 nitrogen and oxygen atoms in total. The smallest absolute Gasteiger partial charge is 0.335 e. The van der Waals surface area contributed by atoms with Crippen molar-refractivity contribution in [2.24, 2.45) is 11.0 Å². The second-order valence-corrected chi connectivity index (χ2v) is 7.53. The normalized spacial score (nSPS) is 19.2. The minimum absolute atomic E-state index is 0.0891. The molecule has 4 rings (SSSR count). The van der Waals surface area contributed by atoms with Crippen LogP contribution in [0, 0.1) is 5.92 Å². The first kappa shape index (κ1) is 21.6. The van der Waals surface area contributed by atoms with Crippen LogP contribution < -0.4 is 15.1 Å². The molecule has 10 heteroatoms. The molecule has 0 fully saturated rings. The molecule has 1 unspecified atom stereocenters. The predicted molar refractivity (Wildman–Crippen MR) is 118 cm³/mol. The quantitative estimate of drug-likeness (QED) is 0.580. The molecule has 166 valence electrons. The van der Waals surface area contributed by atoms with Gasteiger partial charge in [-0.15, -0.1) is 5.10 Å². The van der Waals surface area contributed by atoms with E-state index in [1.807, 2.05) is 0 Å². The largest absolute Gasteiger partial charge is 0.478 e. The highest BCUT2D eigenvalue weighted by atomic mass is 16.4. The van der Waals surface area contributed by atoms with Crippen LogP contribution in [0.4, 0.5) is 11.4 Å². The fraction of sp³-hybridized carbons (Fsp3) is 0.130.